The van der Waals surface area contributed by atoms with E-state index in [0.29, 0.717) is 34.5 Å². The molecule has 2 amide bonds. The molecule has 0 unspecified atom stereocenters. The Morgan fingerprint density at radius 2 is 1.87 bits per heavy atom. The Hall–Kier alpha value is -3.10. The highest BCUT2D eigenvalue weighted by Crippen LogP contribution is 2.20. The predicted octanol–water partition coefficient (Wildman–Crippen LogP) is 3.68. The number of hydrogen-bond donors (Lipinski definition) is 2. The van der Waals surface area contributed by atoms with Crippen molar-refractivity contribution < 1.29 is 19.1 Å². The molecule has 9 heteroatoms. The maximum Gasteiger partial charge on any atom is 0.257 e. The predicted molar refractivity (Wildman–Crippen MR) is 116 cm³/mol. The highest BCUT2D eigenvalue weighted by molar-refractivity contribution is 7.09. The molecule has 2 N–H and O–H groups in total. The highest BCUT2D eigenvalue weighted by Gasteiger charge is 2.10. The molecule has 1 heterocycles. The van der Waals surface area contributed by atoms with Crippen molar-refractivity contribution in [2.24, 2.45) is 0 Å². The minimum absolute atomic E-state index is 0.0897. The van der Waals surface area contributed by atoms with Gasteiger partial charge in [-0.05, 0) is 36.4 Å². The van der Waals surface area contributed by atoms with Crippen LogP contribution in [0.25, 0.3) is 0 Å². The number of carbonyl (C=O) groups is 2. The summed E-state index contributed by atoms with van der Waals surface area (Å²) in [6, 6.07) is 14.0. The number of nitrogens with one attached hydrogen (secondary N) is 2. The number of carbonyl (C=O) groups excluding carboxylic acids is 2. The summed E-state index contributed by atoms with van der Waals surface area (Å²) in [6.07, 6.45) is 0.140. The number of rotatable bonds is 9. The summed E-state index contributed by atoms with van der Waals surface area (Å²) < 4.78 is 11.0. The molecule has 0 fully saturated rings. The van der Waals surface area contributed by atoms with E-state index in [1.807, 2.05) is 5.38 Å². The summed E-state index contributed by atoms with van der Waals surface area (Å²) in [6.45, 7) is 0.228. The lowest BCUT2D eigenvalue weighted by Gasteiger charge is -2.08. The van der Waals surface area contributed by atoms with E-state index < -0.39 is 0 Å². The zero-order valence-electron chi connectivity index (χ0n) is 16.2. The van der Waals surface area contributed by atoms with Gasteiger partial charge in [-0.2, -0.15) is 0 Å². The average molecular weight is 446 g/mol. The SMILES string of the molecule is CNC(=O)COc1cccc(NC(=O)Cc2csc(COc3ccc(Cl)cc3)n2)c1. The zero-order valence-corrected chi connectivity index (χ0v) is 17.8. The highest BCUT2D eigenvalue weighted by atomic mass is 35.5. The minimum atomic E-state index is -0.233. The van der Waals surface area contributed by atoms with Crippen molar-refractivity contribution in [1.82, 2.24) is 10.3 Å². The summed E-state index contributed by atoms with van der Waals surface area (Å²) in [5.41, 5.74) is 1.25. The molecule has 0 radical (unpaired) electrons. The van der Waals surface area contributed by atoms with E-state index in [9.17, 15) is 9.59 Å². The number of aromatic nitrogens is 1. The van der Waals surface area contributed by atoms with Crippen LogP contribution >= 0.6 is 22.9 Å². The summed E-state index contributed by atoms with van der Waals surface area (Å²) >= 11 is 7.29. The van der Waals surface area contributed by atoms with Crippen LogP contribution in [-0.4, -0.2) is 30.5 Å². The molecule has 0 spiro atoms. The molecule has 30 heavy (non-hydrogen) atoms. The van der Waals surface area contributed by atoms with Crippen LogP contribution in [0.1, 0.15) is 10.7 Å². The van der Waals surface area contributed by atoms with Crippen LogP contribution in [0.2, 0.25) is 5.02 Å². The number of thiazole rings is 1. The van der Waals surface area contributed by atoms with Crippen molar-refractivity contribution in [2.45, 2.75) is 13.0 Å². The molecule has 0 bridgehead atoms. The Bertz CT molecular complexity index is 1010. The van der Waals surface area contributed by atoms with E-state index in [1.165, 1.54) is 18.4 Å². The van der Waals surface area contributed by atoms with E-state index in [2.05, 4.69) is 15.6 Å². The van der Waals surface area contributed by atoms with E-state index in [1.54, 1.807) is 48.5 Å². The lowest BCUT2D eigenvalue weighted by molar-refractivity contribution is -0.122. The zero-order chi connectivity index (χ0) is 21.3. The van der Waals surface area contributed by atoms with Crippen LogP contribution in [0.3, 0.4) is 0 Å². The van der Waals surface area contributed by atoms with Gasteiger partial charge in [-0.15, -0.1) is 11.3 Å². The number of ether oxygens (including phenoxy) is 2. The third-order valence-corrected chi connectivity index (χ3v) is 5.01. The number of anilines is 1. The normalized spacial score (nSPS) is 10.3. The van der Waals surface area contributed by atoms with Gasteiger partial charge in [0.2, 0.25) is 5.91 Å². The van der Waals surface area contributed by atoms with Gasteiger partial charge in [-0.1, -0.05) is 17.7 Å². The number of halogens is 1. The molecular weight excluding hydrogens is 426 g/mol. The maximum atomic E-state index is 12.3. The number of nitrogens with zero attached hydrogens (tertiary/aromatic N) is 1. The van der Waals surface area contributed by atoms with Crippen LogP contribution in [0.15, 0.2) is 53.9 Å². The fourth-order valence-electron chi connectivity index (χ4n) is 2.43. The summed E-state index contributed by atoms with van der Waals surface area (Å²) in [5, 5.41) is 8.54. The largest absolute Gasteiger partial charge is 0.486 e. The van der Waals surface area contributed by atoms with E-state index in [4.69, 9.17) is 21.1 Å². The van der Waals surface area contributed by atoms with Gasteiger partial charge < -0.3 is 20.1 Å². The van der Waals surface area contributed by atoms with Gasteiger partial charge in [0.1, 0.15) is 23.1 Å². The van der Waals surface area contributed by atoms with Crippen LogP contribution < -0.4 is 20.1 Å². The van der Waals surface area contributed by atoms with Crippen LogP contribution in [0, 0.1) is 0 Å². The molecule has 0 aliphatic heterocycles. The number of benzene rings is 2. The van der Waals surface area contributed by atoms with Crippen LogP contribution in [0.5, 0.6) is 11.5 Å². The van der Waals surface area contributed by atoms with E-state index in [-0.39, 0.29) is 24.8 Å². The fraction of sp³-hybridized carbons (Fsp3) is 0.190. The van der Waals surface area contributed by atoms with Crippen LogP contribution in [-0.2, 0) is 22.6 Å². The van der Waals surface area contributed by atoms with Crippen molar-refractivity contribution in [3.8, 4) is 11.5 Å². The standard InChI is InChI=1S/C21H20ClN3O4S/c1-23-20(27)11-28-18-4-2-3-15(9-18)24-19(26)10-16-13-30-21(25-16)12-29-17-7-5-14(22)6-8-17/h2-9,13H,10-12H2,1H3,(H,23,27)(H,24,26). The number of hydrogen-bond acceptors (Lipinski definition) is 6. The molecule has 2 aromatic carbocycles. The monoisotopic (exact) mass is 445 g/mol. The molecule has 156 valence electrons. The van der Waals surface area contributed by atoms with Gasteiger partial charge in [0.05, 0.1) is 12.1 Å². The Morgan fingerprint density at radius 3 is 2.63 bits per heavy atom. The van der Waals surface area contributed by atoms with Gasteiger partial charge in [0.15, 0.2) is 6.61 Å². The second-order valence-electron chi connectivity index (χ2n) is 6.19. The van der Waals surface area contributed by atoms with Gasteiger partial charge in [-0.3, -0.25) is 9.59 Å². The second kappa shape index (κ2) is 10.6. The molecule has 0 saturated heterocycles. The first-order chi connectivity index (χ1) is 14.5. The number of likely N-dealkylation sites (N-methyl/N-ethyl adjacent to an activating group) is 1. The first-order valence-electron chi connectivity index (χ1n) is 9.07. The average Bonchev–Trinajstić information content (AvgIpc) is 3.19. The molecule has 3 rings (SSSR count). The Balaban J connectivity index is 1.49. The summed E-state index contributed by atoms with van der Waals surface area (Å²) in [4.78, 5) is 28.0. The first-order valence-corrected chi connectivity index (χ1v) is 10.3. The van der Waals surface area contributed by atoms with E-state index >= 15 is 0 Å². The fourth-order valence-corrected chi connectivity index (χ4v) is 3.26. The van der Waals surface area contributed by atoms with Gasteiger partial charge in [-0.25, -0.2) is 4.98 Å². The Morgan fingerprint density at radius 1 is 1.07 bits per heavy atom. The molecule has 7 nitrogen and oxygen atoms in total. The van der Waals surface area contributed by atoms with Gasteiger partial charge >= 0.3 is 0 Å². The first kappa shape index (κ1) is 21.6. The van der Waals surface area contributed by atoms with Crippen molar-refractivity contribution in [3.63, 3.8) is 0 Å². The van der Waals surface area contributed by atoms with Crippen molar-refractivity contribution >= 4 is 40.4 Å². The lowest BCUT2D eigenvalue weighted by Crippen LogP contribution is -2.24. The smallest absolute Gasteiger partial charge is 0.257 e. The Labute approximate surface area is 183 Å². The van der Waals surface area contributed by atoms with Gasteiger partial charge in [0, 0.05) is 29.2 Å². The molecule has 0 saturated carbocycles. The maximum absolute atomic E-state index is 12.3. The topological polar surface area (TPSA) is 89.6 Å². The van der Waals surface area contributed by atoms with Crippen LogP contribution in [0.4, 0.5) is 5.69 Å². The quantitative estimate of drug-likeness (QED) is 0.524. The second-order valence-corrected chi connectivity index (χ2v) is 7.57. The summed E-state index contributed by atoms with van der Waals surface area (Å²) in [5.74, 6) is 0.761. The Kier molecular flexibility index (Phi) is 7.64. The van der Waals surface area contributed by atoms with Crippen molar-refractivity contribution in [1.29, 1.82) is 0 Å². The molecule has 0 aliphatic carbocycles. The third-order valence-electron chi connectivity index (χ3n) is 3.88. The molecular formula is C21H20ClN3O4S. The van der Waals surface area contributed by atoms with Gasteiger partial charge in [0.25, 0.3) is 5.91 Å². The molecule has 0 atom stereocenters. The summed E-state index contributed by atoms with van der Waals surface area (Å²) in [7, 11) is 1.54. The lowest BCUT2D eigenvalue weighted by atomic mass is 10.2. The van der Waals surface area contributed by atoms with Crippen molar-refractivity contribution in [2.75, 3.05) is 19.0 Å². The molecule has 1 aromatic heterocycles. The van der Waals surface area contributed by atoms with Crippen molar-refractivity contribution in [3.05, 3.63) is 69.6 Å². The van der Waals surface area contributed by atoms with E-state index in [0.717, 1.165) is 5.01 Å². The molecule has 3 aromatic rings. The molecule has 0 aliphatic rings. The minimum Gasteiger partial charge on any atom is -0.486 e. The number of amides is 2. The third kappa shape index (κ3) is 6.75.